The predicted octanol–water partition coefficient (Wildman–Crippen LogP) is 3.04. The Morgan fingerprint density at radius 3 is 2.04 bits per heavy atom. The van der Waals surface area contributed by atoms with E-state index in [9.17, 15) is 9.36 Å². The minimum absolute atomic E-state index is 0.0846. The number of rotatable bonds is 13. The van der Waals surface area contributed by atoms with Crippen molar-refractivity contribution < 1.29 is 33.5 Å². The van der Waals surface area contributed by atoms with Crippen molar-refractivity contribution in [3.63, 3.8) is 0 Å². The van der Waals surface area contributed by atoms with Crippen LogP contribution in [-0.4, -0.2) is 34.7 Å². The lowest BCUT2D eigenvalue weighted by Crippen LogP contribution is -2.05. The van der Waals surface area contributed by atoms with E-state index in [-0.39, 0.29) is 18.3 Å². The number of carbonyl (C=O) groups excluding carboxylic acids is 3. The molecule has 0 aliphatic rings. The van der Waals surface area contributed by atoms with E-state index in [0.29, 0.717) is 32.3 Å². The molecule has 0 aliphatic heterocycles. The number of carbonyl (C=O) groups is 1. The summed E-state index contributed by atoms with van der Waals surface area (Å²) in [7, 11) is -3.87. The van der Waals surface area contributed by atoms with Gasteiger partial charge in [0.05, 0.1) is 6.61 Å². The molecular formula is C15H29O7P. The second kappa shape index (κ2) is 17.4. The third-order valence-corrected chi connectivity index (χ3v) is 3.99. The molecule has 0 unspecified atom stereocenters. The Labute approximate surface area is 138 Å². The SMILES string of the molecule is CCCCCCCCC(=O)OCCCCCP(=O)(O)O.O=C=O. The highest BCUT2D eigenvalue weighted by molar-refractivity contribution is 7.51. The molecule has 0 atom stereocenters. The second-order valence-corrected chi connectivity index (χ2v) is 7.05. The summed E-state index contributed by atoms with van der Waals surface area (Å²) in [6.07, 6.45) is 9.35. The highest BCUT2D eigenvalue weighted by Gasteiger charge is 2.11. The zero-order chi connectivity index (χ0) is 18.0. The third kappa shape index (κ3) is 26.2. The van der Waals surface area contributed by atoms with Crippen LogP contribution < -0.4 is 0 Å². The Hall–Kier alpha value is -1.00. The number of hydrogen-bond donors (Lipinski definition) is 2. The zero-order valence-corrected chi connectivity index (χ0v) is 14.8. The minimum atomic E-state index is -3.87. The van der Waals surface area contributed by atoms with Crippen LogP contribution in [0.5, 0.6) is 0 Å². The summed E-state index contributed by atoms with van der Waals surface area (Å²) in [4.78, 5) is 45.0. The molecule has 0 rings (SSSR count). The van der Waals surface area contributed by atoms with Crippen LogP contribution in [0, 0.1) is 0 Å². The van der Waals surface area contributed by atoms with E-state index in [1.807, 2.05) is 0 Å². The van der Waals surface area contributed by atoms with Gasteiger partial charge < -0.3 is 14.5 Å². The Morgan fingerprint density at radius 2 is 1.48 bits per heavy atom. The molecule has 0 radical (unpaired) electrons. The Balaban J connectivity index is 0. The van der Waals surface area contributed by atoms with Crippen molar-refractivity contribution >= 4 is 19.7 Å². The van der Waals surface area contributed by atoms with E-state index in [1.54, 1.807) is 0 Å². The van der Waals surface area contributed by atoms with Gasteiger partial charge in [0, 0.05) is 12.6 Å². The summed E-state index contributed by atoms with van der Waals surface area (Å²) in [5, 5.41) is 0. The fourth-order valence-corrected chi connectivity index (χ4v) is 2.54. The lowest BCUT2D eigenvalue weighted by Gasteiger charge is -2.06. The number of ether oxygens (including phenoxy) is 1. The molecule has 0 bridgehead atoms. The van der Waals surface area contributed by atoms with Crippen LogP contribution in [0.2, 0.25) is 0 Å². The number of hydrogen-bond acceptors (Lipinski definition) is 5. The van der Waals surface area contributed by atoms with Crippen LogP contribution in [0.4, 0.5) is 0 Å². The van der Waals surface area contributed by atoms with E-state index < -0.39 is 7.60 Å². The van der Waals surface area contributed by atoms with Crippen LogP contribution in [0.3, 0.4) is 0 Å². The maximum absolute atomic E-state index is 11.4. The smallest absolute Gasteiger partial charge is 0.373 e. The highest BCUT2D eigenvalue weighted by atomic mass is 31.2. The van der Waals surface area contributed by atoms with Crippen LogP contribution in [0.1, 0.15) is 71.1 Å². The quantitative estimate of drug-likeness (QED) is 0.297. The van der Waals surface area contributed by atoms with Crippen LogP contribution in [0.25, 0.3) is 0 Å². The second-order valence-electron chi connectivity index (χ2n) is 5.27. The van der Waals surface area contributed by atoms with Crippen molar-refractivity contribution in [2.24, 2.45) is 0 Å². The first-order valence-electron chi connectivity index (χ1n) is 8.06. The van der Waals surface area contributed by atoms with Gasteiger partial charge in [-0.15, -0.1) is 0 Å². The van der Waals surface area contributed by atoms with Gasteiger partial charge in [-0.05, 0) is 25.7 Å². The zero-order valence-electron chi connectivity index (χ0n) is 13.9. The fraction of sp³-hybridized carbons (Fsp3) is 0.867. The predicted molar refractivity (Wildman–Crippen MR) is 84.7 cm³/mol. The molecule has 0 aromatic carbocycles. The first-order valence-corrected chi connectivity index (χ1v) is 9.86. The van der Waals surface area contributed by atoms with Gasteiger partial charge in [0.2, 0.25) is 0 Å². The monoisotopic (exact) mass is 352 g/mol. The lowest BCUT2D eigenvalue weighted by molar-refractivity contribution is -0.191. The van der Waals surface area contributed by atoms with Gasteiger partial charge in [0.15, 0.2) is 0 Å². The highest BCUT2D eigenvalue weighted by Crippen LogP contribution is 2.35. The molecule has 0 aromatic heterocycles. The van der Waals surface area contributed by atoms with Gasteiger partial charge in [-0.3, -0.25) is 9.36 Å². The van der Waals surface area contributed by atoms with E-state index in [2.05, 4.69) is 6.92 Å². The molecule has 0 spiro atoms. The van der Waals surface area contributed by atoms with E-state index >= 15 is 0 Å². The average Bonchev–Trinajstić information content (AvgIpc) is 2.46. The molecule has 7 nitrogen and oxygen atoms in total. The molecule has 23 heavy (non-hydrogen) atoms. The normalized spacial score (nSPS) is 10.4. The van der Waals surface area contributed by atoms with Gasteiger partial charge in [0.25, 0.3) is 0 Å². The first kappa shape index (κ1) is 24.3. The standard InChI is InChI=1S/C14H29O5P.CO2/c1-2-3-4-5-6-8-11-14(15)19-12-9-7-10-13-20(16,17)18;2-1-3/h2-13H2,1H3,(H2,16,17,18);. The van der Waals surface area contributed by atoms with Crippen LogP contribution in [-0.2, 0) is 23.7 Å². The fourth-order valence-electron chi connectivity index (χ4n) is 1.90. The first-order chi connectivity index (χ1) is 10.9. The van der Waals surface area contributed by atoms with E-state index in [1.165, 1.54) is 25.7 Å². The molecule has 8 heteroatoms. The molecule has 2 N–H and O–H groups in total. The van der Waals surface area contributed by atoms with E-state index in [0.717, 1.165) is 12.8 Å². The van der Waals surface area contributed by atoms with Gasteiger partial charge >= 0.3 is 19.7 Å². The maximum Gasteiger partial charge on any atom is 0.373 e. The van der Waals surface area contributed by atoms with Crippen molar-refractivity contribution in [3.8, 4) is 0 Å². The Kier molecular flexibility index (Phi) is 18.3. The van der Waals surface area contributed by atoms with Gasteiger partial charge in [-0.25, -0.2) is 0 Å². The van der Waals surface area contributed by atoms with Crippen molar-refractivity contribution in [2.45, 2.75) is 71.1 Å². The largest absolute Gasteiger partial charge is 0.466 e. The molecule has 0 saturated carbocycles. The van der Waals surface area contributed by atoms with Gasteiger partial charge in [0.1, 0.15) is 0 Å². The van der Waals surface area contributed by atoms with Gasteiger partial charge in [-0.2, -0.15) is 9.59 Å². The Morgan fingerprint density at radius 1 is 0.957 bits per heavy atom. The number of esters is 1. The average molecular weight is 352 g/mol. The van der Waals surface area contributed by atoms with Crippen LogP contribution in [0.15, 0.2) is 0 Å². The molecular weight excluding hydrogens is 323 g/mol. The lowest BCUT2D eigenvalue weighted by atomic mass is 10.1. The van der Waals surface area contributed by atoms with Crippen molar-refractivity contribution in [1.29, 1.82) is 0 Å². The van der Waals surface area contributed by atoms with Crippen molar-refractivity contribution in [2.75, 3.05) is 12.8 Å². The molecule has 0 saturated heterocycles. The maximum atomic E-state index is 11.4. The summed E-state index contributed by atoms with van der Waals surface area (Å²) in [6, 6.07) is 0. The molecule has 0 fully saturated rings. The third-order valence-electron chi connectivity index (χ3n) is 3.09. The summed E-state index contributed by atoms with van der Waals surface area (Å²) in [6.45, 7) is 2.53. The Bertz CT molecular complexity index is 359. The summed E-state index contributed by atoms with van der Waals surface area (Å²) >= 11 is 0. The summed E-state index contributed by atoms with van der Waals surface area (Å²) in [5.74, 6) is -0.157. The summed E-state index contributed by atoms with van der Waals surface area (Å²) in [5.41, 5.74) is 0. The van der Waals surface area contributed by atoms with Crippen LogP contribution >= 0.6 is 7.60 Å². The summed E-state index contributed by atoms with van der Waals surface area (Å²) < 4.78 is 15.7. The number of unbranched alkanes of at least 4 members (excludes halogenated alkanes) is 7. The molecule has 0 aromatic rings. The molecule has 136 valence electrons. The van der Waals surface area contributed by atoms with Crippen molar-refractivity contribution in [1.82, 2.24) is 0 Å². The van der Waals surface area contributed by atoms with Crippen molar-refractivity contribution in [3.05, 3.63) is 0 Å². The topological polar surface area (TPSA) is 118 Å². The molecule has 0 amide bonds. The molecule has 0 heterocycles. The van der Waals surface area contributed by atoms with E-state index in [4.69, 9.17) is 24.1 Å². The molecule has 0 aliphatic carbocycles. The minimum Gasteiger partial charge on any atom is -0.466 e. The van der Waals surface area contributed by atoms with Gasteiger partial charge in [-0.1, -0.05) is 39.0 Å².